The second-order valence-electron chi connectivity index (χ2n) is 5.19. The number of aryl methyl sites for hydroxylation is 1. The van der Waals surface area contributed by atoms with Crippen molar-refractivity contribution < 1.29 is 0 Å². The average molecular weight is 347 g/mol. The molecule has 1 unspecified atom stereocenters. The van der Waals surface area contributed by atoms with E-state index in [9.17, 15) is 0 Å². The van der Waals surface area contributed by atoms with Crippen molar-refractivity contribution in [2.24, 2.45) is 0 Å². The Morgan fingerprint density at radius 1 is 1.38 bits per heavy atom. The number of halogens is 1. The largest absolute Gasteiger partial charge is 0.357 e. The summed E-state index contributed by atoms with van der Waals surface area (Å²) < 4.78 is 3.00. The molecular weight excluding hydrogens is 328 g/mol. The van der Waals surface area contributed by atoms with Gasteiger partial charge in [0.15, 0.2) is 0 Å². The minimum absolute atomic E-state index is 0.246. The summed E-state index contributed by atoms with van der Waals surface area (Å²) in [5.41, 5.74) is 3.42. The van der Waals surface area contributed by atoms with E-state index in [2.05, 4.69) is 75.5 Å². The molecule has 0 fully saturated rings. The zero-order valence-electron chi connectivity index (χ0n) is 12.2. The van der Waals surface area contributed by atoms with Gasteiger partial charge < -0.3 is 10.3 Å². The number of H-pyrrole nitrogens is 1. The van der Waals surface area contributed by atoms with Gasteiger partial charge in [-0.15, -0.1) is 0 Å². The summed E-state index contributed by atoms with van der Waals surface area (Å²) in [5.74, 6) is 0. The topological polar surface area (TPSA) is 45.6 Å². The van der Waals surface area contributed by atoms with E-state index in [4.69, 9.17) is 0 Å². The third kappa shape index (κ3) is 3.04. The molecule has 1 aromatic carbocycles. The molecule has 0 radical (unpaired) electrons. The van der Waals surface area contributed by atoms with E-state index in [1.54, 1.807) is 0 Å². The lowest BCUT2D eigenvalue weighted by atomic mass is 10.2. The molecule has 5 heteroatoms. The Bertz CT molecular complexity index is 711. The first kappa shape index (κ1) is 14.4. The van der Waals surface area contributed by atoms with Crippen LogP contribution in [0, 0.1) is 0 Å². The Labute approximate surface area is 132 Å². The van der Waals surface area contributed by atoms with Gasteiger partial charge in [-0.1, -0.05) is 18.2 Å². The lowest BCUT2D eigenvalue weighted by Crippen LogP contribution is -2.19. The fraction of sp³-hybridized carbons (Fsp3) is 0.312. The van der Waals surface area contributed by atoms with Crippen LogP contribution >= 0.6 is 15.9 Å². The molecule has 1 atom stereocenters. The van der Waals surface area contributed by atoms with Crippen molar-refractivity contribution in [2.75, 3.05) is 0 Å². The number of nitrogens with one attached hydrogen (secondary N) is 2. The highest BCUT2D eigenvalue weighted by atomic mass is 79.9. The molecule has 0 aliphatic carbocycles. The van der Waals surface area contributed by atoms with Gasteiger partial charge in [0, 0.05) is 36.5 Å². The number of aromatic amines is 1. The lowest BCUT2D eigenvalue weighted by molar-refractivity contribution is 0.547. The second kappa shape index (κ2) is 6.03. The zero-order valence-corrected chi connectivity index (χ0v) is 13.8. The van der Waals surface area contributed by atoms with Crippen LogP contribution in [0.3, 0.4) is 0 Å². The van der Waals surface area contributed by atoms with Crippen LogP contribution in [0.15, 0.2) is 41.0 Å². The number of aromatic nitrogens is 3. The van der Waals surface area contributed by atoms with Crippen LogP contribution in [-0.2, 0) is 13.1 Å². The molecule has 0 saturated heterocycles. The van der Waals surface area contributed by atoms with Crippen LogP contribution in [-0.4, -0.2) is 14.8 Å². The van der Waals surface area contributed by atoms with Crippen LogP contribution in [0.25, 0.3) is 10.9 Å². The van der Waals surface area contributed by atoms with Crippen molar-refractivity contribution in [1.82, 2.24) is 20.1 Å². The predicted octanol–water partition coefficient (Wildman–Crippen LogP) is 4.00. The van der Waals surface area contributed by atoms with E-state index in [1.165, 1.54) is 16.6 Å². The van der Waals surface area contributed by atoms with Gasteiger partial charge in [0.25, 0.3) is 0 Å². The molecule has 2 aromatic heterocycles. The summed E-state index contributed by atoms with van der Waals surface area (Å²) in [6.45, 7) is 5.87. The van der Waals surface area contributed by atoms with Crippen LogP contribution in [0.2, 0.25) is 0 Å². The van der Waals surface area contributed by atoms with Gasteiger partial charge in [0.05, 0.1) is 10.2 Å². The van der Waals surface area contributed by atoms with E-state index in [-0.39, 0.29) is 6.04 Å². The van der Waals surface area contributed by atoms with Crippen LogP contribution in [0.1, 0.15) is 31.3 Å². The normalized spacial score (nSPS) is 12.9. The molecule has 3 aromatic rings. The Balaban J connectivity index is 1.70. The number of hydrogen-bond acceptors (Lipinski definition) is 2. The minimum atomic E-state index is 0.246. The van der Waals surface area contributed by atoms with Gasteiger partial charge in [-0.3, -0.25) is 4.68 Å². The van der Waals surface area contributed by atoms with E-state index in [0.29, 0.717) is 0 Å². The van der Waals surface area contributed by atoms with E-state index >= 15 is 0 Å². The highest BCUT2D eigenvalue weighted by Crippen LogP contribution is 2.21. The maximum Gasteiger partial charge on any atom is 0.0904 e. The molecule has 0 spiro atoms. The van der Waals surface area contributed by atoms with Crippen molar-refractivity contribution in [3.05, 3.63) is 52.4 Å². The summed E-state index contributed by atoms with van der Waals surface area (Å²) in [6, 6.07) is 10.8. The maximum atomic E-state index is 4.53. The molecule has 2 heterocycles. The van der Waals surface area contributed by atoms with E-state index < -0.39 is 0 Å². The molecule has 3 rings (SSSR count). The molecule has 0 aliphatic rings. The van der Waals surface area contributed by atoms with Crippen LogP contribution < -0.4 is 5.32 Å². The predicted molar refractivity (Wildman–Crippen MR) is 89.2 cm³/mol. The zero-order chi connectivity index (χ0) is 14.8. The average Bonchev–Trinajstić information content (AvgIpc) is 3.08. The molecule has 2 N–H and O–H groups in total. The summed E-state index contributed by atoms with van der Waals surface area (Å²) in [6.07, 6.45) is 2.02. The number of para-hydroxylation sites is 1. The summed E-state index contributed by atoms with van der Waals surface area (Å²) >= 11 is 3.56. The number of benzene rings is 1. The highest BCUT2D eigenvalue weighted by molar-refractivity contribution is 9.10. The Morgan fingerprint density at radius 3 is 2.90 bits per heavy atom. The molecule has 4 nitrogen and oxygen atoms in total. The number of nitrogens with zero attached hydrogens (tertiary/aromatic N) is 2. The Hall–Kier alpha value is -1.59. The summed E-state index contributed by atoms with van der Waals surface area (Å²) in [5, 5.41) is 9.30. The molecule has 110 valence electrons. The fourth-order valence-electron chi connectivity index (χ4n) is 2.41. The fourth-order valence-corrected chi connectivity index (χ4v) is 2.86. The van der Waals surface area contributed by atoms with E-state index in [1.807, 2.05) is 10.9 Å². The Kier molecular flexibility index (Phi) is 4.12. The summed E-state index contributed by atoms with van der Waals surface area (Å²) in [4.78, 5) is 3.46. The SMILES string of the molecule is CCn1cc(Br)c(CNC(C)c2cc3ccccc3[nH]2)n1. The Morgan fingerprint density at radius 2 is 2.19 bits per heavy atom. The molecular formula is C16H19BrN4. The quantitative estimate of drug-likeness (QED) is 0.733. The first-order valence-electron chi connectivity index (χ1n) is 7.20. The number of hydrogen-bond donors (Lipinski definition) is 2. The number of fused-ring (bicyclic) bond motifs is 1. The standard InChI is InChI=1S/C16H19BrN4/c1-3-21-10-13(17)16(20-21)9-18-11(2)15-8-12-6-4-5-7-14(12)19-15/h4-8,10-11,18-19H,3,9H2,1-2H3. The first-order valence-corrected chi connectivity index (χ1v) is 7.99. The third-order valence-electron chi connectivity index (χ3n) is 3.70. The van der Waals surface area contributed by atoms with Gasteiger partial charge in [0.2, 0.25) is 0 Å². The van der Waals surface area contributed by atoms with Crippen LogP contribution in [0.5, 0.6) is 0 Å². The van der Waals surface area contributed by atoms with Crippen LogP contribution in [0.4, 0.5) is 0 Å². The van der Waals surface area contributed by atoms with Gasteiger partial charge in [0.1, 0.15) is 0 Å². The van der Waals surface area contributed by atoms with Crippen molar-refractivity contribution in [2.45, 2.75) is 33.0 Å². The first-order chi connectivity index (χ1) is 10.2. The monoisotopic (exact) mass is 346 g/mol. The molecule has 0 bridgehead atoms. The molecule has 0 saturated carbocycles. The van der Waals surface area contributed by atoms with Crippen molar-refractivity contribution in [3.8, 4) is 0 Å². The molecule has 0 amide bonds. The molecule has 0 aliphatic heterocycles. The maximum absolute atomic E-state index is 4.53. The van der Waals surface area contributed by atoms with Gasteiger partial charge in [-0.05, 0) is 47.3 Å². The van der Waals surface area contributed by atoms with Crippen molar-refractivity contribution in [1.29, 1.82) is 0 Å². The lowest BCUT2D eigenvalue weighted by Gasteiger charge is -2.11. The summed E-state index contributed by atoms with van der Waals surface area (Å²) in [7, 11) is 0. The van der Waals surface area contributed by atoms with Crippen molar-refractivity contribution in [3.63, 3.8) is 0 Å². The van der Waals surface area contributed by atoms with Gasteiger partial charge >= 0.3 is 0 Å². The number of rotatable bonds is 5. The van der Waals surface area contributed by atoms with Gasteiger partial charge in [-0.2, -0.15) is 5.10 Å². The third-order valence-corrected chi connectivity index (χ3v) is 4.37. The molecule has 21 heavy (non-hydrogen) atoms. The highest BCUT2D eigenvalue weighted by Gasteiger charge is 2.11. The van der Waals surface area contributed by atoms with Gasteiger partial charge in [-0.25, -0.2) is 0 Å². The second-order valence-corrected chi connectivity index (χ2v) is 6.05. The smallest absolute Gasteiger partial charge is 0.0904 e. The van der Waals surface area contributed by atoms with E-state index in [0.717, 1.165) is 23.3 Å². The minimum Gasteiger partial charge on any atom is -0.357 e. The van der Waals surface area contributed by atoms with Crippen molar-refractivity contribution >= 4 is 26.8 Å².